The number of nitrogens with zero attached hydrogens (tertiary/aromatic N) is 1. The van der Waals surface area contributed by atoms with Gasteiger partial charge in [-0.2, -0.15) is 0 Å². The molecule has 1 saturated carbocycles. The zero-order chi connectivity index (χ0) is 14.8. The number of benzene rings is 1. The van der Waals surface area contributed by atoms with Gasteiger partial charge in [-0.05, 0) is 43.7 Å². The van der Waals surface area contributed by atoms with Crippen LogP contribution in [0, 0.1) is 5.92 Å². The predicted molar refractivity (Wildman–Crippen MR) is 81.2 cm³/mol. The van der Waals surface area contributed by atoms with Gasteiger partial charge in [-0.3, -0.25) is 9.59 Å². The number of hydrogen-bond donors (Lipinski definition) is 2. The molecular formula is C16H19N3O2. The van der Waals surface area contributed by atoms with Crippen molar-refractivity contribution in [2.24, 2.45) is 5.92 Å². The summed E-state index contributed by atoms with van der Waals surface area (Å²) in [5, 5.41) is 3.48. The van der Waals surface area contributed by atoms with E-state index in [1.54, 1.807) is 24.3 Å². The summed E-state index contributed by atoms with van der Waals surface area (Å²) in [5.41, 5.74) is 0.270. The molecule has 1 aromatic heterocycles. The van der Waals surface area contributed by atoms with Crippen LogP contribution in [0.25, 0.3) is 10.9 Å². The number of para-hydroxylation sites is 1. The van der Waals surface area contributed by atoms with E-state index in [0.29, 0.717) is 10.9 Å². The third-order valence-corrected chi connectivity index (χ3v) is 4.18. The van der Waals surface area contributed by atoms with E-state index < -0.39 is 0 Å². The second kappa shape index (κ2) is 5.68. The van der Waals surface area contributed by atoms with Crippen LogP contribution in [-0.4, -0.2) is 21.9 Å². The number of rotatable bonds is 2. The summed E-state index contributed by atoms with van der Waals surface area (Å²) >= 11 is 0. The summed E-state index contributed by atoms with van der Waals surface area (Å²) in [4.78, 5) is 31.0. The topological polar surface area (TPSA) is 74.8 Å². The first-order valence-corrected chi connectivity index (χ1v) is 7.43. The van der Waals surface area contributed by atoms with Crippen LogP contribution in [0.2, 0.25) is 0 Å². The molecule has 0 radical (unpaired) electrons. The zero-order valence-corrected chi connectivity index (χ0v) is 12.1. The Bertz CT molecular complexity index is 715. The van der Waals surface area contributed by atoms with Crippen molar-refractivity contribution in [1.82, 2.24) is 15.3 Å². The lowest BCUT2D eigenvalue weighted by molar-refractivity contribution is 0.0912. The summed E-state index contributed by atoms with van der Waals surface area (Å²) < 4.78 is 0. The number of H-pyrrole nitrogens is 1. The monoisotopic (exact) mass is 285 g/mol. The lowest BCUT2D eigenvalue weighted by atomic mass is 9.87. The number of carbonyl (C=O) groups excluding carboxylic acids is 1. The Hall–Kier alpha value is -2.17. The normalized spacial score (nSPS) is 22.1. The van der Waals surface area contributed by atoms with Crippen molar-refractivity contribution in [2.75, 3.05) is 0 Å². The molecule has 2 aromatic rings. The Labute approximate surface area is 122 Å². The lowest BCUT2D eigenvalue weighted by Gasteiger charge is -2.26. The number of aromatic nitrogens is 2. The molecule has 3 rings (SSSR count). The molecule has 1 aromatic carbocycles. The third kappa shape index (κ3) is 2.96. The predicted octanol–water partition coefficient (Wildman–Crippen LogP) is 2.23. The summed E-state index contributed by atoms with van der Waals surface area (Å²) in [6.07, 6.45) is 4.24. The second-order valence-corrected chi connectivity index (χ2v) is 5.86. The summed E-state index contributed by atoms with van der Waals surface area (Å²) in [5.74, 6) is 0.534. The number of fused-ring (bicyclic) bond motifs is 1. The fourth-order valence-electron chi connectivity index (χ4n) is 2.85. The van der Waals surface area contributed by atoms with Crippen molar-refractivity contribution < 1.29 is 4.79 Å². The molecule has 21 heavy (non-hydrogen) atoms. The Morgan fingerprint density at radius 2 is 1.95 bits per heavy atom. The molecule has 1 amide bonds. The van der Waals surface area contributed by atoms with E-state index in [1.807, 2.05) is 0 Å². The average Bonchev–Trinajstić information content (AvgIpc) is 2.49. The highest BCUT2D eigenvalue weighted by molar-refractivity contribution is 5.92. The van der Waals surface area contributed by atoms with E-state index in [9.17, 15) is 9.59 Å². The number of aromatic amines is 1. The highest BCUT2D eigenvalue weighted by Gasteiger charge is 2.21. The van der Waals surface area contributed by atoms with E-state index in [4.69, 9.17) is 0 Å². The molecule has 1 heterocycles. The van der Waals surface area contributed by atoms with Crippen LogP contribution in [0.15, 0.2) is 29.1 Å². The molecule has 1 aliphatic rings. The summed E-state index contributed by atoms with van der Waals surface area (Å²) in [7, 11) is 0. The average molecular weight is 285 g/mol. The van der Waals surface area contributed by atoms with Crippen LogP contribution in [0.1, 0.15) is 43.2 Å². The van der Waals surface area contributed by atoms with E-state index in [2.05, 4.69) is 22.2 Å². The standard InChI is InChI=1S/C16H19N3O2/c1-10-6-8-11(9-7-10)17-16(21)14-18-13-5-3-2-4-12(13)15(20)19-14/h2-5,10-11H,6-9H2,1H3,(H,17,21)(H,18,19,20). The van der Waals surface area contributed by atoms with Gasteiger partial charge in [0, 0.05) is 6.04 Å². The largest absolute Gasteiger partial charge is 0.347 e. The maximum absolute atomic E-state index is 12.2. The first-order valence-electron chi connectivity index (χ1n) is 7.43. The SMILES string of the molecule is CC1CCC(NC(=O)c2nc3ccccc3c(=O)[nH]2)CC1. The Morgan fingerprint density at radius 3 is 2.71 bits per heavy atom. The molecule has 0 spiro atoms. The van der Waals surface area contributed by atoms with Gasteiger partial charge in [0.1, 0.15) is 0 Å². The molecule has 2 N–H and O–H groups in total. The first-order chi connectivity index (χ1) is 10.1. The van der Waals surface area contributed by atoms with Crippen molar-refractivity contribution in [3.63, 3.8) is 0 Å². The molecule has 1 fully saturated rings. The van der Waals surface area contributed by atoms with E-state index in [0.717, 1.165) is 31.6 Å². The van der Waals surface area contributed by atoms with Gasteiger partial charge in [0.2, 0.25) is 0 Å². The van der Waals surface area contributed by atoms with Gasteiger partial charge < -0.3 is 10.3 Å². The molecular weight excluding hydrogens is 266 g/mol. The highest BCUT2D eigenvalue weighted by Crippen LogP contribution is 2.23. The van der Waals surface area contributed by atoms with Crippen LogP contribution in [-0.2, 0) is 0 Å². The molecule has 0 aliphatic heterocycles. The van der Waals surface area contributed by atoms with Crippen LogP contribution in [0.5, 0.6) is 0 Å². The minimum atomic E-state index is -0.294. The summed E-state index contributed by atoms with van der Waals surface area (Å²) in [6, 6.07) is 7.21. The second-order valence-electron chi connectivity index (χ2n) is 5.86. The maximum Gasteiger partial charge on any atom is 0.287 e. The van der Waals surface area contributed by atoms with Crippen LogP contribution < -0.4 is 10.9 Å². The van der Waals surface area contributed by atoms with E-state index >= 15 is 0 Å². The molecule has 0 bridgehead atoms. The zero-order valence-electron chi connectivity index (χ0n) is 12.1. The molecule has 110 valence electrons. The van der Waals surface area contributed by atoms with Gasteiger partial charge in [0.05, 0.1) is 10.9 Å². The van der Waals surface area contributed by atoms with Crippen molar-refractivity contribution in [3.8, 4) is 0 Å². The third-order valence-electron chi connectivity index (χ3n) is 4.18. The first kappa shape index (κ1) is 13.8. The number of carbonyl (C=O) groups is 1. The van der Waals surface area contributed by atoms with Gasteiger partial charge >= 0.3 is 0 Å². The molecule has 5 nitrogen and oxygen atoms in total. The van der Waals surface area contributed by atoms with Crippen molar-refractivity contribution in [3.05, 3.63) is 40.4 Å². The fraction of sp³-hybridized carbons (Fsp3) is 0.438. The van der Waals surface area contributed by atoms with E-state index in [1.165, 1.54) is 0 Å². The Kier molecular flexibility index (Phi) is 3.73. The van der Waals surface area contributed by atoms with Crippen LogP contribution in [0.3, 0.4) is 0 Å². The van der Waals surface area contributed by atoms with Crippen molar-refractivity contribution in [2.45, 2.75) is 38.6 Å². The number of nitrogens with one attached hydrogen (secondary N) is 2. The van der Waals surface area contributed by atoms with Gasteiger partial charge in [-0.15, -0.1) is 0 Å². The number of hydrogen-bond acceptors (Lipinski definition) is 3. The Morgan fingerprint density at radius 1 is 1.24 bits per heavy atom. The fourth-order valence-corrected chi connectivity index (χ4v) is 2.85. The molecule has 5 heteroatoms. The quantitative estimate of drug-likeness (QED) is 0.888. The lowest BCUT2D eigenvalue weighted by Crippen LogP contribution is -2.38. The van der Waals surface area contributed by atoms with Crippen LogP contribution >= 0.6 is 0 Å². The minimum Gasteiger partial charge on any atom is -0.347 e. The molecule has 0 atom stereocenters. The van der Waals surface area contributed by atoms with Gasteiger partial charge in [0.25, 0.3) is 11.5 Å². The molecule has 0 saturated heterocycles. The molecule has 0 unspecified atom stereocenters. The van der Waals surface area contributed by atoms with Gasteiger partial charge in [0.15, 0.2) is 5.82 Å². The summed E-state index contributed by atoms with van der Waals surface area (Å²) in [6.45, 7) is 2.24. The Balaban J connectivity index is 1.80. The van der Waals surface area contributed by atoms with Crippen molar-refractivity contribution in [1.29, 1.82) is 0 Å². The number of amides is 1. The van der Waals surface area contributed by atoms with Gasteiger partial charge in [-0.25, -0.2) is 4.98 Å². The minimum absolute atomic E-state index is 0.0947. The van der Waals surface area contributed by atoms with Crippen molar-refractivity contribution >= 4 is 16.8 Å². The van der Waals surface area contributed by atoms with E-state index in [-0.39, 0.29) is 23.3 Å². The smallest absolute Gasteiger partial charge is 0.287 e. The maximum atomic E-state index is 12.2. The van der Waals surface area contributed by atoms with Gasteiger partial charge in [-0.1, -0.05) is 19.1 Å². The molecule has 1 aliphatic carbocycles. The van der Waals surface area contributed by atoms with Crippen LogP contribution in [0.4, 0.5) is 0 Å². The highest BCUT2D eigenvalue weighted by atomic mass is 16.2.